The molecule has 0 bridgehead atoms. The van der Waals surface area contributed by atoms with Crippen LogP contribution in [0.15, 0.2) is 103 Å². The van der Waals surface area contributed by atoms with Gasteiger partial charge in [-0.15, -0.1) is 12.6 Å². The molecule has 0 saturated heterocycles. The van der Waals surface area contributed by atoms with Gasteiger partial charge in [-0.3, -0.25) is 61.3 Å². The number of carbonyl (C=O) groups is 1. The SMILES string of the molecule is C=Cn1c(/C=C(\CN)c2cccnc2)c(CCCC)c2s[nH]c(=O)c2c1=O.CC.CC.CC/C=C(\C=N)c1cc2c(C3CCC3)c(S)c(C(=N)OC(C)=O)c(=O)n2cc1F.Nc1c(F)c(-c2cncnc2)cc2c(C3CC3)c3s[nH]c(=O)c3c(=O)n12. The van der Waals surface area contributed by atoms with Gasteiger partial charge >= 0.3 is 5.97 Å². The highest BCUT2D eigenvalue weighted by Crippen LogP contribution is 2.46. The molecule has 2 aliphatic rings. The van der Waals surface area contributed by atoms with Gasteiger partial charge in [0.2, 0.25) is 5.90 Å². The summed E-state index contributed by atoms with van der Waals surface area (Å²) in [4.78, 5) is 86.6. The largest absolute Gasteiger partial charge is 0.407 e. The van der Waals surface area contributed by atoms with Crippen LogP contribution >= 0.6 is 35.7 Å². The Morgan fingerprint density at radius 2 is 1.56 bits per heavy atom. The van der Waals surface area contributed by atoms with E-state index in [1.165, 1.54) is 41.0 Å². The summed E-state index contributed by atoms with van der Waals surface area (Å²) in [5, 5.41) is 15.9. The number of aromatic nitrogens is 8. The number of nitrogens with two attached hydrogens (primary N) is 2. The fourth-order valence-corrected chi connectivity index (χ4v) is 12.4. The highest BCUT2D eigenvalue weighted by molar-refractivity contribution is 7.80. The molecule has 0 unspecified atom stereocenters. The second-order valence-electron chi connectivity index (χ2n) is 19.5. The maximum absolute atomic E-state index is 14.9. The van der Waals surface area contributed by atoms with Gasteiger partial charge in [0.05, 0.1) is 26.1 Å². The molecule has 86 heavy (non-hydrogen) atoms. The molecule has 0 amide bonds. The van der Waals surface area contributed by atoms with E-state index in [0.29, 0.717) is 44.5 Å². The highest BCUT2D eigenvalue weighted by Gasteiger charge is 2.33. The number of allylic oxidation sites excluding steroid dienone is 2. The number of ether oxygens (including phenoxy) is 1. The van der Waals surface area contributed by atoms with Crippen molar-refractivity contribution in [1.82, 2.24) is 37.1 Å². The van der Waals surface area contributed by atoms with Gasteiger partial charge in [0.15, 0.2) is 5.82 Å². The number of H-pyrrole nitrogens is 2. The number of aromatic amines is 2. The maximum Gasteiger partial charge on any atom is 0.309 e. The topological polar surface area (TPSA) is 295 Å². The number of anilines is 1. The Bertz CT molecular complexity index is 4420. The van der Waals surface area contributed by atoms with Crippen molar-refractivity contribution in [2.45, 2.75) is 123 Å². The lowest BCUT2D eigenvalue weighted by molar-refractivity contribution is -0.133. The Morgan fingerprint density at radius 1 is 0.907 bits per heavy atom. The molecular weight excluding hydrogens is 1160 g/mol. The first-order valence-electron chi connectivity index (χ1n) is 28.2. The summed E-state index contributed by atoms with van der Waals surface area (Å²) in [6.07, 6.45) is 23.1. The fraction of sp³-hybridized carbons (Fsp3) is 0.306. The van der Waals surface area contributed by atoms with Gasteiger partial charge in [-0.05, 0) is 114 Å². The minimum absolute atomic E-state index is 0.0382. The minimum atomic E-state index is -0.734. The van der Waals surface area contributed by atoms with Crippen molar-refractivity contribution in [3.05, 3.63) is 177 Å². The summed E-state index contributed by atoms with van der Waals surface area (Å²) in [7, 11) is 0. The number of pyridine rings is 6. The third kappa shape index (κ3) is 13.0. The zero-order valence-corrected chi connectivity index (χ0v) is 51.3. The maximum atomic E-state index is 14.9. The molecular formula is C62H68F2N12O7S3. The first-order chi connectivity index (χ1) is 41.5. The number of rotatable bonds is 14. The average Bonchev–Trinajstić information content (AvgIpc) is 1.38. The Balaban J connectivity index is 0.000000179. The minimum Gasteiger partial charge on any atom is -0.407 e. The lowest BCUT2D eigenvalue weighted by Crippen LogP contribution is -2.28. The molecule has 11 rings (SSSR count). The number of nitrogens with one attached hydrogen (secondary N) is 4. The van der Waals surface area contributed by atoms with E-state index in [9.17, 15) is 37.5 Å². The predicted molar refractivity (Wildman–Crippen MR) is 346 cm³/mol. The van der Waals surface area contributed by atoms with E-state index in [1.807, 2.05) is 52.8 Å². The number of hydrogen-bond donors (Lipinski definition) is 7. The van der Waals surface area contributed by atoms with E-state index >= 15 is 0 Å². The van der Waals surface area contributed by atoms with E-state index < -0.39 is 40.2 Å². The molecule has 0 aromatic carbocycles. The highest BCUT2D eigenvalue weighted by atomic mass is 32.1. The van der Waals surface area contributed by atoms with Gasteiger partial charge in [-0.25, -0.2) is 18.7 Å². The lowest BCUT2D eigenvalue weighted by Gasteiger charge is -2.29. The van der Waals surface area contributed by atoms with Crippen LogP contribution in [0.5, 0.6) is 0 Å². The molecule has 24 heteroatoms. The summed E-state index contributed by atoms with van der Waals surface area (Å²) in [6, 6.07) is 6.94. The molecule has 0 radical (unpaired) electrons. The van der Waals surface area contributed by atoms with Crippen LogP contribution in [0.2, 0.25) is 0 Å². The molecule has 9 aromatic rings. The Hall–Kier alpha value is -8.58. The summed E-state index contributed by atoms with van der Waals surface area (Å²) in [6.45, 7) is 17.2. The number of fused-ring (bicyclic) bond motifs is 4. The molecule has 2 saturated carbocycles. The van der Waals surface area contributed by atoms with E-state index in [-0.39, 0.29) is 61.1 Å². The summed E-state index contributed by atoms with van der Waals surface area (Å²) < 4.78 is 45.0. The number of hydrogen-bond acceptors (Lipinski definition) is 17. The van der Waals surface area contributed by atoms with E-state index in [4.69, 9.17) is 27.0 Å². The van der Waals surface area contributed by atoms with Gasteiger partial charge < -0.3 is 21.6 Å². The van der Waals surface area contributed by atoms with Gasteiger partial charge in [-0.2, -0.15) is 0 Å². The van der Waals surface area contributed by atoms with Crippen molar-refractivity contribution < 1.29 is 18.3 Å². The predicted octanol–water partition coefficient (Wildman–Crippen LogP) is 11.7. The van der Waals surface area contributed by atoms with E-state index in [2.05, 4.69) is 49.8 Å². The van der Waals surface area contributed by atoms with Crippen LogP contribution in [0.25, 0.3) is 65.8 Å². The number of unbranched alkanes of at least 4 members (excludes halogenated alkanes) is 1. The van der Waals surface area contributed by atoms with Crippen molar-refractivity contribution in [2.24, 2.45) is 5.73 Å². The van der Waals surface area contributed by atoms with Crippen LogP contribution in [0.3, 0.4) is 0 Å². The van der Waals surface area contributed by atoms with Crippen LogP contribution in [0.1, 0.15) is 151 Å². The molecule has 9 aromatic heterocycles. The standard InChI is InChI=1S/C21H22FN3O3S.C20H22N4O2S.C17H12FN5O2S.2C2H6/c1-3-5-13(9-23)14-8-16-17(12-6-4-7-12)19(29)18(20(24)28-11(2)26)21(27)25(16)10-15(14)22;1-3-5-8-15-16(10-14(11-21)13-7-6-9-22-12-13)24(4-2)20(26)17-18(15)27-23-19(17)25;18-13-9(8-4-20-6-21-5-8)3-10-11(7-1-2-7)14-12(16(24)22-26-14)17(25)23(10)15(13)19;2*1-2/h5,8-10,12,23-24,29H,3-4,6-7H2,1-2H3;4,6-7,9-10,12H,2-3,5,8,11,21H2,1H3,(H,23,25);3-7H,1-2,19H2,(H,22,24);2*1-2H3/b13-5+,23-9?,24-20?;14-10+;;;. The molecule has 8 N–H and O–H groups in total. The van der Waals surface area contributed by atoms with E-state index in [0.717, 1.165) is 125 Å². The number of thiol groups is 1. The van der Waals surface area contributed by atoms with Gasteiger partial charge in [0.1, 0.15) is 34.3 Å². The van der Waals surface area contributed by atoms with Gasteiger partial charge in [0.25, 0.3) is 27.8 Å². The second-order valence-corrected chi connectivity index (χ2v) is 21.6. The van der Waals surface area contributed by atoms with Gasteiger partial charge in [-0.1, -0.05) is 96.2 Å². The van der Waals surface area contributed by atoms with Crippen LogP contribution in [-0.4, -0.2) is 61.7 Å². The van der Waals surface area contributed by atoms with Crippen molar-refractivity contribution in [1.29, 1.82) is 10.8 Å². The smallest absolute Gasteiger partial charge is 0.309 e. The molecule has 0 aliphatic heterocycles. The van der Waals surface area contributed by atoms with Crippen LogP contribution < -0.4 is 39.3 Å². The third-order valence-corrected chi connectivity index (χ3v) is 16.7. The molecule has 19 nitrogen and oxygen atoms in total. The number of esters is 1. The fourth-order valence-electron chi connectivity index (χ4n) is 10.1. The summed E-state index contributed by atoms with van der Waals surface area (Å²) >= 11 is 6.87. The number of aryl methyl sites for hydroxylation is 1. The normalized spacial score (nSPS) is 13.1. The third-order valence-electron chi connectivity index (χ3n) is 14.3. The average molecular weight is 1230 g/mol. The Labute approximate surface area is 506 Å². The monoisotopic (exact) mass is 1230 g/mol. The number of nitrogen functional groups attached to an aromatic ring is 1. The summed E-state index contributed by atoms with van der Waals surface area (Å²) in [5.41, 5.74) is 16.8. The van der Waals surface area contributed by atoms with Crippen LogP contribution in [-0.2, 0) is 16.0 Å². The van der Waals surface area contributed by atoms with Crippen molar-refractivity contribution in [2.75, 3.05) is 12.3 Å². The number of nitrogens with zero attached hydrogens (tertiary/aromatic N) is 6. The zero-order chi connectivity index (χ0) is 62.7. The van der Waals surface area contributed by atoms with Crippen LogP contribution in [0.4, 0.5) is 14.6 Å². The van der Waals surface area contributed by atoms with Crippen LogP contribution in [0, 0.1) is 22.5 Å². The quantitative estimate of drug-likeness (QED) is 0.0231. The molecule has 9 heterocycles. The first kappa shape index (κ1) is 65.0. The molecule has 450 valence electrons. The molecule has 2 aliphatic carbocycles. The van der Waals surface area contributed by atoms with Crippen molar-refractivity contribution in [3.63, 3.8) is 0 Å². The summed E-state index contributed by atoms with van der Waals surface area (Å²) in [5.74, 6) is -2.69. The van der Waals surface area contributed by atoms with Crippen molar-refractivity contribution in [3.8, 4) is 11.1 Å². The molecule has 0 spiro atoms. The Morgan fingerprint density at radius 3 is 2.12 bits per heavy atom. The lowest BCUT2D eigenvalue weighted by atomic mass is 9.79. The molecule has 2 fully saturated rings. The Kier molecular flexibility index (Phi) is 21.9. The number of halogens is 2. The second kappa shape index (κ2) is 29.0. The number of carbonyl (C=O) groups excluding carboxylic acids is 1. The van der Waals surface area contributed by atoms with E-state index in [1.54, 1.807) is 30.6 Å². The van der Waals surface area contributed by atoms with Crippen molar-refractivity contribution >= 4 is 114 Å². The first-order valence-corrected chi connectivity index (χ1v) is 30.3. The molecule has 0 atom stereocenters. The zero-order valence-electron chi connectivity index (χ0n) is 48.7. The van der Waals surface area contributed by atoms with Gasteiger partial charge in [0, 0.05) is 78.5 Å².